The molecule has 4 rings (SSSR count). The van der Waals surface area contributed by atoms with E-state index in [0.717, 1.165) is 12.8 Å². The number of aryl methyl sites for hydroxylation is 1. The number of piperidine rings is 1. The van der Waals surface area contributed by atoms with Crippen LogP contribution in [0.4, 0.5) is 4.39 Å². The summed E-state index contributed by atoms with van der Waals surface area (Å²) in [5, 5.41) is 12.1. The van der Waals surface area contributed by atoms with Gasteiger partial charge in [-0.3, -0.25) is 4.79 Å². The van der Waals surface area contributed by atoms with E-state index in [0.29, 0.717) is 42.5 Å². The molecule has 1 saturated heterocycles. The number of nitrogens with zero attached hydrogens (tertiary/aromatic N) is 6. The molecular formula is C18H18ClFN6O2. The zero-order chi connectivity index (χ0) is 19.7. The fraction of sp³-hybridized carbons (Fsp3) is 0.389. The molecule has 8 nitrogen and oxygen atoms in total. The summed E-state index contributed by atoms with van der Waals surface area (Å²) in [6, 6.07) is 3.98. The molecule has 1 fully saturated rings. The maximum atomic E-state index is 13.4. The summed E-state index contributed by atoms with van der Waals surface area (Å²) < 4.78 is 20.3. The van der Waals surface area contributed by atoms with Gasteiger partial charge in [-0.2, -0.15) is 4.98 Å². The van der Waals surface area contributed by atoms with Gasteiger partial charge >= 0.3 is 0 Å². The van der Waals surface area contributed by atoms with E-state index in [1.807, 2.05) is 6.92 Å². The quantitative estimate of drug-likeness (QED) is 0.663. The number of halogens is 2. The van der Waals surface area contributed by atoms with E-state index in [4.69, 9.17) is 16.1 Å². The SMILES string of the molecule is CCc1noc(-c2cn(C3CCCN(C(=O)c4ccc(F)c(Cl)c4)C3)nn2)n1. The Balaban J connectivity index is 1.49. The summed E-state index contributed by atoms with van der Waals surface area (Å²) in [6.07, 6.45) is 4.10. The molecule has 1 atom stereocenters. The van der Waals surface area contributed by atoms with Crippen LogP contribution in [0.15, 0.2) is 28.9 Å². The first-order valence-corrected chi connectivity index (χ1v) is 9.42. The molecule has 28 heavy (non-hydrogen) atoms. The third kappa shape index (κ3) is 3.62. The lowest BCUT2D eigenvalue weighted by molar-refractivity contribution is 0.0672. The average Bonchev–Trinajstić information content (AvgIpc) is 3.39. The molecule has 0 bridgehead atoms. The summed E-state index contributed by atoms with van der Waals surface area (Å²) in [6.45, 7) is 3.03. The number of rotatable bonds is 4. The standard InChI is InChI=1S/C18H18ClFN6O2/c1-2-16-21-17(28-23-16)15-10-26(24-22-15)12-4-3-7-25(9-12)18(27)11-5-6-14(20)13(19)8-11/h5-6,8,10,12H,2-4,7,9H2,1H3. The molecule has 3 heterocycles. The number of amides is 1. The number of benzene rings is 1. The van der Waals surface area contributed by atoms with Crippen molar-refractivity contribution in [2.75, 3.05) is 13.1 Å². The number of carbonyl (C=O) groups excluding carboxylic acids is 1. The summed E-state index contributed by atoms with van der Waals surface area (Å²) in [5.74, 6) is 0.207. The molecule has 146 valence electrons. The van der Waals surface area contributed by atoms with Crippen LogP contribution in [0.3, 0.4) is 0 Å². The minimum Gasteiger partial charge on any atom is -0.337 e. The first kappa shape index (κ1) is 18.5. The van der Waals surface area contributed by atoms with Crippen molar-refractivity contribution in [1.82, 2.24) is 30.0 Å². The van der Waals surface area contributed by atoms with Gasteiger partial charge in [-0.25, -0.2) is 9.07 Å². The fourth-order valence-corrected chi connectivity index (χ4v) is 3.40. The highest BCUT2D eigenvalue weighted by molar-refractivity contribution is 6.31. The van der Waals surface area contributed by atoms with Crippen molar-refractivity contribution in [3.05, 3.63) is 46.6 Å². The average molecular weight is 405 g/mol. The van der Waals surface area contributed by atoms with Crippen LogP contribution in [-0.2, 0) is 6.42 Å². The second kappa shape index (κ2) is 7.67. The predicted octanol–water partition coefficient (Wildman–Crippen LogP) is 3.16. The molecule has 1 unspecified atom stereocenters. The minimum atomic E-state index is -0.544. The smallest absolute Gasteiger partial charge is 0.280 e. The lowest BCUT2D eigenvalue weighted by Crippen LogP contribution is -2.40. The lowest BCUT2D eigenvalue weighted by atomic mass is 10.0. The molecule has 0 N–H and O–H groups in total. The Hall–Kier alpha value is -2.81. The zero-order valence-corrected chi connectivity index (χ0v) is 15.9. The first-order valence-electron chi connectivity index (χ1n) is 9.04. The minimum absolute atomic E-state index is 0.0246. The van der Waals surface area contributed by atoms with Crippen molar-refractivity contribution in [3.63, 3.8) is 0 Å². The number of likely N-dealkylation sites (tertiary alicyclic amines) is 1. The second-order valence-corrected chi connectivity index (χ2v) is 7.04. The summed E-state index contributed by atoms with van der Waals surface area (Å²) in [7, 11) is 0. The van der Waals surface area contributed by atoms with Crippen LogP contribution in [-0.4, -0.2) is 49.0 Å². The Morgan fingerprint density at radius 3 is 3.04 bits per heavy atom. The molecule has 1 aliphatic heterocycles. The van der Waals surface area contributed by atoms with Crippen LogP contribution >= 0.6 is 11.6 Å². The van der Waals surface area contributed by atoms with Gasteiger partial charge in [0.25, 0.3) is 11.8 Å². The topological polar surface area (TPSA) is 89.9 Å². The van der Waals surface area contributed by atoms with Gasteiger partial charge in [-0.1, -0.05) is 28.9 Å². The maximum absolute atomic E-state index is 13.4. The van der Waals surface area contributed by atoms with Crippen LogP contribution in [0.2, 0.25) is 5.02 Å². The van der Waals surface area contributed by atoms with E-state index in [2.05, 4.69) is 20.5 Å². The number of hydrogen-bond acceptors (Lipinski definition) is 6. The Morgan fingerprint density at radius 2 is 2.29 bits per heavy atom. The molecule has 0 aliphatic carbocycles. The van der Waals surface area contributed by atoms with Gasteiger partial charge in [0, 0.05) is 25.1 Å². The van der Waals surface area contributed by atoms with Crippen molar-refractivity contribution < 1.29 is 13.7 Å². The van der Waals surface area contributed by atoms with Gasteiger partial charge in [0.05, 0.1) is 17.3 Å². The highest BCUT2D eigenvalue weighted by Gasteiger charge is 2.27. The van der Waals surface area contributed by atoms with E-state index < -0.39 is 5.82 Å². The van der Waals surface area contributed by atoms with Crippen LogP contribution < -0.4 is 0 Å². The van der Waals surface area contributed by atoms with Crippen LogP contribution in [0.25, 0.3) is 11.6 Å². The van der Waals surface area contributed by atoms with Crippen molar-refractivity contribution in [2.24, 2.45) is 0 Å². The van der Waals surface area contributed by atoms with Crippen molar-refractivity contribution in [3.8, 4) is 11.6 Å². The zero-order valence-electron chi connectivity index (χ0n) is 15.2. The van der Waals surface area contributed by atoms with Gasteiger partial charge in [-0.15, -0.1) is 5.10 Å². The van der Waals surface area contributed by atoms with Gasteiger partial charge in [-0.05, 0) is 31.0 Å². The second-order valence-electron chi connectivity index (χ2n) is 6.63. The number of hydrogen-bond donors (Lipinski definition) is 0. The Kier molecular flexibility index (Phi) is 5.08. The summed E-state index contributed by atoms with van der Waals surface area (Å²) in [4.78, 5) is 18.7. The largest absolute Gasteiger partial charge is 0.337 e. The Morgan fingerprint density at radius 1 is 1.43 bits per heavy atom. The Labute approximate surface area is 165 Å². The first-order chi connectivity index (χ1) is 13.5. The Bertz CT molecular complexity index is 1000. The molecule has 1 aliphatic rings. The molecular weight excluding hydrogens is 387 g/mol. The molecule has 0 saturated carbocycles. The summed E-state index contributed by atoms with van der Waals surface area (Å²) in [5.41, 5.74) is 0.866. The molecule has 10 heteroatoms. The van der Waals surface area contributed by atoms with Gasteiger partial charge < -0.3 is 9.42 Å². The van der Waals surface area contributed by atoms with Gasteiger partial charge in [0.2, 0.25) is 0 Å². The van der Waals surface area contributed by atoms with E-state index in [9.17, 15) is 9.18 Å². The highest BCUT2D eigenvalue weighted by atomic mass is 35.5. The molecule has 3 aromatic rings. The lowest BCUT2D eigenvalue weighted by Gasteiger charge is -2.32. The van der Waals surface area contributed by atoms with E-state index in [1.54, 1.807) is 15.8 Å². The fourth-order valence-electron chi connectivity index (χ4n) is 3.22. The van der Waals surface area contributed by atoms with Crippen LogP contribution in [0, 0.1) is 5.82 Å². The van der Waals surface area contributed by atoms with E-state index in [1.165, 1.54) is 18.2 Å². The number of carbonyl (C=O) groups is 1. The predicted molar refractivity (Wildman–Crippen MR) is 98.3 cm³/mol. The molecule has 2 aromatic heterocycles. The van der Waals surface area contributed by atoms with Crippen molar-refractivity contribution in [1.29, 1.82) is 0 Å². The monoisotopic (exact) mass is 404 g/mol. The third-order valence-corrected chi connectivity index (χ3v) is 5.03. The van der Waals surface area contributed by atoms with Crippen LogP contribution in [0.5, 0.6) is 0 Å². The molecule has 1 amide bonds. The van der Waals surface area contributed by atoms with Crippen LogP contribution in [0.1, 0.15) is 42.0 Å². The van der Waals surface area contributed by atoms with Gasteiger partial charge in [0.1, 0.15) is 5.82 Å². The number of aromatic nitrogens is 5. The maximum Gasteiger partial charge on any atom is 0.280 e. The molecule has 0 spiro atoms. The summed E-state index contributed by atoms with van der Waals surface area (Å²) >= 11 is 5.81. The highest BCUT2D eigenvalue weighted by Crippen LogP contribution is 2.25. The third-order valence-electron chi connectivity index (χ3n) is 4.74. The van der Waals surface area contributed by atoms with Gasteiger partial charge in [0.15, 0.2) is 11.5 Å². The van der Waals surface area contributed by atoms with E-state index in [-0.39, 0.29) is 17.0 Å². The van der Waals surface area contributed by atoms with E-state index >= 15 is 0 Å². The molecule has 0 radical (unpaired) electrons. The van der Waals surface area contributed by atoms with Crippen molar-refractivity contribution >= 4 is 17.5 Å². The normalized spacial score (nSPS) is 17.1. The molecule has 1 aromatic carbocycles. The van der Waals surface area contributed by atoms with Crippen molar-refractivity contribution in [2.45, 2.75) is 32.2 Å².